The number of rotatable bonds is 3. The number of piperidine rings is 1. The van der Waals surface area contributed by atoms with Crippen LogP contribution in [-0.4, -0.2) is 40.1 Å². The van der Waals surface area contributed by atoms with Gasteiger partial charge in [-0.15, -0.1) is 0 Å². The molecule has 1 N–H and O–H groups in total. The van der Waals surface area contributed by atoms with Crippen LogP contribution in [0.15, 0.2) is 67.1 Å². The van der Waals surface area contributed by atoms with Gasteiger partial charge in [0.1, 0.15) is 0 Å². The summed E-state index contributed by atoms with van der Waals surface area (Å²) < 4.78 is 2.16. The maximum Gasteiger partial charge on any atom is 0.317 e. The first kappa shape index (κ1) is 17.0. The van der Waals surface area contributed by atoms with Crippen molar-refractivity contribution in [3.8, 4) is 11.3 Å². The van der Waals surface area contributed by atoms with E-state index in [2.05, 4.69) is 63.4 Å². The maximum atomic E-state index is 12.9. The molecule has 2 aliphatic rings. The lowest BCUT2D eigenvalue weighted by molar-refractivity contribution is 0.178. The molecule has 2 aromatic carbocycles. The van der Waals surface area contributed by atoms with E-state index in [1.807, 2.05) is 23.5 Å². The van der Waals surface area contributed by atoms with Gasteiger partial charge in [0.2, 0.25) is 0 Å². The Bertz CT molecular complexity index is 981. The second-order valence-electron chi connectivity index (χ2n) is 7.67. The number of aromatic nitrogens is 2. The van der Waals surface area contributed by atoms with E-state index in [9.17, 15) is 4.79 Å². The minimum absolute atomic E-state index is 0.0340. The Morgan fingerprint density at radius 3 is 2.82 bits per heavy atom. The van der Waals surface area contributed by atoms with Crippen LogP contribution in [0.25, 0.3) is 11.3 Å². The quantitative estimate of drug-likeness (QED) is 0.754. The molecular weight excluding hydrogens is 348 g/mol. The first-order valence-electron chi connectivity index (χ1n) is 10.00. The molecule has 5 nitrogen and oxygen atoms in total. The number of amides is 2. The van der Waals surface area contributed by atoms with Crippen LogP contribution in [0, 0.1) is 0 Å². The molecule has 0 aliphatic carbocycles. The minimum atomic E-state index is 0.0340. The van der Waals surface area contributed by atoms with Gasteiger partial charge in [-0.1, -0.05) is 54.6 Å². The van der Waals surface area contributed by atoms with E-state index in [-0.39, 0.29) is 12.1 Å². The highest BCUT2D eigenvalue weighted by molar-refractivity contribution is 5.75. The number of benzene rings is 2. The highest BCUT2D eigenvalue weighted by Crippen LogP contribution is 2.38. The Hall–Kier alpha value is -3.08. The van der Waals surface area contributed by atoms with Gasteiger partial charge in [0.25, 0.3) is 0 Å². The van der Waals surface area contributed by atoms with Crippen molar-refractivity contribution in [1.29, 1.82) is 0 Å². The topological polar surface area (TPSA) is 50.2 Å². The molecule has 2 amide bonds. The first-order valence-corrected chi connectivity index (χ1v) is 10.00. The van der Waals surface area contributed by atoms with Crippen molar-refractivity contribution in [1.82, 2.24) is 19.8 Å². The molecule has 5 heteroatoms. The number of hydrogen-bond acceptors (Lipinski definition) is 2. The van der Waals surface area contributed by atoms with Crippen molar-refractivity contribution in [2.75, 3.05) is 19.6 Å². The van der Waals surface area contributed by atoms with Crippen LogP contribution in [0.3, 0.4) is 0 Å². The molecule has 3 heterocycles. The number of likely N-dealkylation sites (tertiary alicyclic amines) is 1. The number of nitrogens with zero attached hydrogens (tertiary/aromatic N) is 3. The third kappa shape index (κ3) is 2.97. The van der Waals surface area contributed by atoms with E-state index in [4.69, 9.17) is 0 Å². The molecule has 0 saturated carbocycles. The van der Waals surface area contributed by atoms with Crippen molar-refractivity contribution >= 4 is 6.03 Å². The third-order valence-corrected chi connectivity index (χ3v) is 6.02. The molecular formula is C23H24N4O. The number of imidazole rings is 1. The second-order valence-corrected chi connectivity index (χ2v) is 7.67. The van der Waals surface area contributed by atoms with Gasteiger partial charge in [0, 0.05) is 31.1 Å². The lowest BCUT2D eigenvalue weighted by Crippen LogP contribution is -2.46. The van der Waals surface area contributed by atoms with E-state index in [1.54, 1.807) is 0 Å². The average Bonchev–Trinajstić information content (AvgIpc) is 3.34. The summed E-state index contributed by atoms with van der Waals surface area (Å²) >= 11 is 0. The summed E-state index contributed by atoms with van der Waals surface area (Å²) in [5.74, 6) is 0.424. The molecule has 1 fully saturated rings. The summed E-state index contributed by atoms with van der Waals surface area (Å²) in [6.45, 7) is 2.19. The summed E-state index contributed by atoms with van der Waals surface area (Å²) in [6.07, 6.45) is 5.95. The van der Waals surface area contributed by atoms with Crippen molar-refractivity contribution in [3.05, 3.63) is 78.2 Å². The number of nitrogens with one attached hydrogen (secondary N) is 1. The summed E-state index contributed by atoms with van der Waals surface area (Å²) in [6, 6.07) is 19.1. The SMILES string of the molecule is O=C(NC[C@@H]1c2ccccc2-c2cncn21)N1CCC[C@@H](c2ccccc2)C1. The monoisotopic (exact) mass is 372 g/mol. The minimum Gasteiger partial charge on any atom is -0.336 e. The van der Waals surface area contributed by atoms with E-state index >= 15 is 0 Å². The van der Waals surface area contributed by atoms with Gasteiger partial charge in [-0.05, 0) is 24.0 Å². The Morgan fingerprint density at radius 2 is 1.93 bits per heavy atom. The van der Waals surface area contributed by atoms with E-state index in [0.717, 1.165) is 31.6 Å². The fourth-order valence-electron chi connectivity index (χ4n) is 4.60. The predicted molar refractivity (Wildman–Crippen MR) is 109 cm³/mol. The van der Waals surface area contributed by atoms with Crippen LogP contribution in [-0.2, 0) is 0 Å². The normalized spacial score (nSPS) is 20.5. The average molecular weight is 372 g/mol. The van der Waals surface area contributed by atoms with Gasteiger partial charge >= 0.3 is 6.03 Å². The van der Waals surface area contributed by atoms with Crippen LogP contribution in [0.1, 0.15) is 35.9 Å². The molecule has 0 bridgehead atoms. The van der Waals surface area contributed by atoms with Gasteiger partial charge in [0.05, 0.1) is 24.3 Å². The molecule has 0 unspecified atom stereocenters. The predicted octanol–water partition coefficient (Wildman–Crippen LogP) is 4.04. The molecule has 0 radical (unpaired) electrons. The van der Waals surface area contributed by atoms with Crippen molar-refractivity contribution in [3.63, 3.8) is 0 Å². The van der Waals surface area contributed by atoms with Gasteiger partial charge in [-0.25, -0.2) is 9.78 Å². The lowest BCUT2D eigenvalue weighted by atomic mass is 9.91. The zero-order chi connectivity index (χ0) is 18.9. The zero-order valence-electron chi connectivity index (χ0n) is 15.8. The van der Waals surface area contributed by atoms with Crippen LogP contribution in [0.2, 0.25) is 0 Å². The van der Waals surface area contributed by atoms with Gasteiger partial charge in [0.15, 0.2) is 0 Å². The Kier molecular flexibility index (Phi) is 4.35. The van der Waals surface area contributed by atoms with Crippen LogP contribution in [0.4, 0.5) is 4.79 Å². The summed E-state index contributed by atoms with van der Waals surface area (Å²) in [5.41, 5.74) is 4.91. The Morgan fingerprint density at radius 1 is 1.11 bits per heavy atom. The molecule has 1 saturated heterocycles. The fraction of sp³-hybridized carbons (Fsp3) is 0.304. The summed E-state index contributed by atoms with van der Waals surface area (Å²) in [4.78, 5) is 19.1. The number of carbonyl (C=O) groups is 1. The fourth-order valence-corrected chi connectivity index (χ4v) is 4.60. The third-order valence-electron chi connectivity index (χ3n) is 6.02. The van der Waals surface area contributed by atoms with Crippen molar-refractivity contribution in [2.24, 2.45) is 0 Å². The highest BCUT2D eigenvalue weighted by atomic mass is 16.2. The summed E-state index contributed by atoms with van der Waals surface area (Å²) in [5, 5.41) is 3.18. The standard InChI is InChI=1S/C23H24N4O/c28-23(26-12-6-9-18(15-26)17-7-2-1-3-8-17)25-14-22-20-11-5-4-10-19(20)21-13-24-16-27(21)22/h1-5,7-8,10-11,13,16,18,22H,6,9,12,14-15H2,(H,25,28)/t18-,22-/m1/s1. The lowest BCUT2D eigenvalue weighted by Gasteiger charge is -2.33. The first-order chi connectivity index (χ1) is 13.8. The molecule has 2 atom stereocenters. The Labute approximate surface area is 165 Å². The number of hydrogen-bond donors (Lipinski definition) is 1. The number of carbonyl (C=O) groups excluding carboxylic acids is 1. The van der Waals surface area contributed by atoms with Crippen LogP contribution >= 0.6 is 0 Å². The summed E-state index contributed by atoms with van der Waals surface area (Å²) in [7, 11) is 0. The van der Waals surface area contributed by atoms with Crippen LogP contribution in [0.5, 0.6) is 0 Å². The molecule has 1 aromatic heterocycles. The molecule has 5 rings (SSSR count). The maximum absolute atomic E-state index is 12.9. The van der Waals surface area contributed by atoms with Gasteiger partial charge in [-0.2, -0.15) is 0 Å². The molecule has 2 aliphatic heterocycles. The van der Waals surface area contributed by atoms with Gasteiger partial charge in [-0.3, -0.25) is 0 Å². The number of fused-ring (bicyclic) bond motifs is 3. The van der Waals surface area contributed by atoms with E-state index < -0.39 is 0 Å². The molecule has 3 aromatic rings. The van der Waals surface area contributed by atoms with E-state index in [1.165, 1.54) is 16.7 Å². The second kappa shape index (κ2) is 7.15. The molecule has 28 heavy (non-hydrogen) atoms. The zero-order valence-corrected chi connectivity index (χ0v) is 15.8. The molecule has 142 valence electrons. The highest BCUT2D eigenvalue weighted by Gasteiger charge is 2.30. The Balaban J connectivity index is 1.27. The van der Waals surface area contributed by atoms with Gasteiger partial charge < -0.3 is 14.8 Å². The largest absolute Gasteiger partial charge is 0.336 e. The smallest absolute Gasteiger partial charge is 0.317 e. The van der Waals surface area contributed by atoms with Crippen molar-refractivity contribution < 1.29 is 4.79 Å². The van der Waals surface area contributed by atoms with E-state index in [0.29, 0.717) is 12.5 Å². The molecule has 0 spiro atoms. The van der Waals surface area contributed by atoms with Crippen LogP contribution < -0.4 is 5.32 Å². The van der Waals surface area contributed by atoms with Crippen molar-refractivity contribution in [2.45, 2.75) is 24.8 Å². The number of urea groups is 1.